The third kappa shape index (κ3) is 4.11. The van der Waals surface area contributed by atoms with Gasteiger partial charge in [-0.3, -0.25) is 0 Å². The van der Waals surface area contributed by atoms with Crippen molar-refractivity contribution in [2.75, 3.05) is 32.2 Å². The van der Waals surface area contributed by atoms with Gasteiger partial charge in [-0.2, -0.15) is 0 Å². The van der Waals surface area contributed by atoms with Crippen LogP contribution in [0.1, 0.15) is 32.1 Å². The number of hydrogen-bond acceptors (Lipinski definition) is 4. The fourth-order valence-corrected chi connectivity index (χ4v) is 3.25. The summed E-state index contributed by atoms with van der Waals surface area (Å²) < 4.78 is 11.1. The second-order valence-corrected chi connectivity index (χ2v) is 5.69. The van der Waals surface area contributed by atoms with E-state index < -0.39 is 0 Å². The zero-order valence-electron chi connectivity index (χ0n) is 13.3. The topological polar surface area (TPSA) is 47.7 Å². The van der Waals surface area contributed by atoms with E-state index in [1.165, 1.54) is 24.9 Å². The summed E-state index contributed by atoms with van der Waals surface area (Å²) in [5.41, 5.74) is 6.90. The van der Waals surface area contributed by atoms with Crippen molar-refractivity contribution in [3.05, 3.63) is 24.3 Å². The quantitative estimate of drug-likeness (QED) is 0.839. The molecule has 4 nitrogen and oxygen atoms in total. The number of anilines is 1. The summed E-state index contributed by atoms with van der Waals surface area (Å²) in [5.74, 6) is 0.939. The molecule has 0 saturated heterocycles. The van der Waals surface area contributed by atoms with Crippen LogP contribution in [0, 0.1) is 0 Å². The van der Waals surface area contributed by atoms with E-state index in [2.05, 4.69) is 17.0 Å². The lowest BCUT2D eigenvalue weighted by molar-refractivity contribution is 0.0630. The highest BCUT2D eigenvalue weighted by Gasteiger charge is 2.27. The van der Waals surface area contributed by atoms with Gasteiger partial charge in [-0.1, -0.05) is 12.1 Å². The number of rotatable bonds is 7. The molecule has 0 aliphatic heterocycles. The van der Waals surface area contributed by atoms with Crippen molar-refractivity contribution in [2.24, 2.45) is 5.73 Å². The SMILES string of the molecule is COc1ccccc1N(CCCN)C1CCCC(OC)C1. The molecule has 2 unspecified atom stereocenters. The molecule has 1 aliphatic rings. The average molecular weight is 292 g/mol. The van der Waals surface area contributed by atoms with Crippen molar-refractivity contribution < 1.29 is 9.47 Å². The first-order valence-corrected chi connectivity index (χ1v) is 7.92. The van der Waals surface area contributed by atoms with Crippen molar-refractivity contribution in [3.63, 3.8) is 0 Å². The van der Waals surface area contributed by atoms with Crippen LogP contribution in [-0.2, 0) is 4.74 Å². The van der Waals surface area contributed by atoms with Crippen LogP contribution >= 0.6 is 0 Å². The van der Waals surface area contributed by atoms with E-state index in [4.69, 9.17) is 15.2 Å². The summed E-state index contributed by atoms with van der Waals surface area (Å²) >= 11 is 0. The van der Waals surface area contributed by atoms with Crippen LogP contribution in [0.25, 0.3) is 0 Å². The molecule has 2 N–H and O–H groups in total. The molecule has 0 bridgehead atoms. The molecule has 1 aromatic rings. The molecule has 118 valence electrons. The van der Waals surface area contributed by atoms with Gasteiger partial charge in [0.15, 0.2) is 0 Å². The number of para-hydroxylation sites is 2. The third-order valence-corrected chi connectivity index (χ3v) is 4.37. The number of benzene rings is 1. The summed E-state index contributed by atoms with van der Waals surface area (Å²) in [5, 5.41) is 0. The second kappa shape index (κ2) is 8.25. The predicted molar refractivity (Wildman–Crippen MR) is 87.1 cm³/mol. The van der Waals surface area contributed by atoms with E-state index >= 15 is 0 Å². The number of nitrogens with zero attached hydrogens (tertiary/aromatic N) is 1. The Hall–Kier alpha value is -1.26. The Morgan fingerprint density at radius 1 is 1.24 bits per heavy atom. The van der Waals surface area contributed by atoms with E-state index in [1.807, 2.05) is 19.2 Å². The first-order chi connectivity index (χ1) is 10.3. The number of methoxy groups -OCH3 is 2. The van der Waals surface area contributed by atoms with Gasteiger partial charge in [0.05, 0.1) is 18.9 Å². The Bertz CT molecular complexity index is 425. The molecule has 1 aliphatic carbocycles. The average Bonchev–Trinajstić information content (AvgIpc) is 2.56. The maximum Gasteiger partial charge on any atom is 0.142 e. The van der Waals surface area contributed by atoms with Gasteiger partial charge in [-0.15, -0.1) is 0 Å². The minimum atomic E-state index is 0.374. The third-order valence-electron chi connectivity index (χ3n) is 4.37. The Morgan fingerprint density at radius 2 is 2.05 bits per heavy atom. The highest BCUT2D eigenvalue weighted by atomic mass is 16.5. The summed E-state index contributed by atoms with van der Waals surface area (Å²) in [6.07, 6.45) is 6.05. The predicted octanol–water partition coefficient (Wildman–Crippen LogP) is 2.81. The lowest BCUT2D eigenvalue weighted by Gasteiger charge is -2.39. The number of ether oxygens (including phenoxy) is 2. The lowest BCUT2D eigenvalue weighted by Crippen LogP contribution is -2.42. The molecule has 1 fully saturated rings. The van der Waals surface area contributed by atoms with Crippen molar-refractivity contribution in [1.29, 1.82) is 0 Å². The first kappa shape index (κ1) is 16.1. The number of nitrogens with two attached hydrogens (primary N) is 1. The fraction of sp³-hybridized carbons (Fsp3) is 0.647. The normalized spacial score (nSPS) is 22.0. The molecular formula is C17H28N2O2. The van der Waals surface area contributed by atoms with Crippen molar-refractivity contribution in [3.8, 4) is 5.75 Å². The van der Waals surface area contributed by atoms with Crippen LogP contribution in [-0.4, -0.2) is 39.5 Å². The van der Waals surface area contributed by atoms with E-state index in [0.717, 1.165) is 25.1 Å². The molecule has 0 spiro atoms. The molecule has 1 saturated carbocycles. The van der Waals surface area contributed by atoms with E-state index in [1.54, 1.807) is 7.11 Å². The molecule has 2 rings (SSSR count). The summed E-state index contributed by atoms with van der Waals surface area (Å²) in [6, 6.07) is 8.77. The van der Waals surface area contributed by atoms with Gasteiger partial charge in [0, 0.05) is 19.7 Å². The maximum atomic E-state index is 5.73. The molecule has 0 radical (unpaired) electrons. The second-order valence-electron chi connectivity index (χ2n) is 5.69. The van der Waals surface area contributed by atoms with E-state index in [9.17, 15) is 0 Å². The van der Waals surface area contributed by atoms with Crippen LogP contribution in [0.3, 0.4) is 0 Å². The van der Waals surface area contributed by atoms with Gasteiger partial charge >= 0.3 is 0 Å². The molecule has 2 atom stereocenters. The highest BCUT2D eigenvalue weighted by Crippen LogP contribution is 2.34. The van der Waals surface area contributed by atoms with Crippen LogP contribution in [0.4, 0.5) is 5.69 Å². The van der Waals surface area contributed by atoms with Crippen molar-refractivity contribution >= 4 is 5.69 Å². The van der Waals surface area contributed by atoms with Gasteiger partial charge in [-0.05, 0) is 50.8 Å². The Balaban J connectivity index is 2.20. The van der Waals surface area contributed by atoms with Gasteiger partial charge in [0.1, 0.15) is 5.75 Å². The zero-order chi connectivity index (χ0) is 15.1. The molecule has 4 heteroatoms. The van der Waals surface area contributed by atoms with Gasteiger partial charge in [-0.25, -0.2) is 0 Å². The summed E-state index contributed by atoms with van der Waals surface area (Å²) in [4.78, 5) is 2.47. The van der Waals surface area contributed by atoms with Crippen LogP contribution < -0.4 is 15.4 Å². The van der Waals surface area contributed by atoms with E-state index in [0.29, 0.717) is 18.7 Å². The van der Waals surface area contributed by atoms with Crippen LogP contribution in [0.2, 0.25) is 0 Å². The Kier molecular flexibility index (Phi) is 6.33. The largest absolute Gasteiger partial charge is 0.495 e. The zero-order valence-corrected chi connectivity index (χ0v) is 13.3. The van der Waals surface area contributed by atoms with Crippen LogP contribution in [0.5, 0.6) is 5.75 Å². The molecule has 0 aromatic heterocycles. The van der Waals surface area contributed by atoms with Crippen LogP contribution in [0.15, 0.2) is 24.3 Å². The van der Waals surface area contributed by atoms with Gasteiger partial charge in [0.25, 0.3) is 0 Å². The Morgan fingerprint density at radius 3 is 2.76 bits per heavy atom. The molecule has 0 heterocycles. The lowest BCUT2D eigenvalue weighted by atomic mass is 9.91. The smallest absolute Gasteiger partial charge is 0.142 e. The first-order valence-electron chi connectivity index (χ1n) is 7.92. The van der Waals surface area contributed by atoms with Gasteiger partial charge in [0.2, 0.25) is 0 Å². The molecular weight excluding hydrogens is 264 g/mol. The van der Waals surface area contributed by atoms with Crippen molar-refractivity contribution in [1.82, 2.24) is 0 Å². The van der Waals surface area contributed by atoms with Crippen molar-refractivity contribution in [2.45, 2.75) is 44.2 Å². The van der Waals surface area contributed by atoms with Gasteiger partial charge < -0.3 is 20.1 Å². The minimum absolute atomic E-state index is 0.374. The monoisotopic (exact) mass is 292 g/mol. The molecule has 1 aromatic carbocycles. The highest BCUT2D eigenvalue weighted by molar-refractivity contribution is 5.59. The standard InChI is InChI=1S/C17H28N2O2/c1-20-15-8-5-7-14(13-15)19(12-6-11-18)16-9-3-4-10-17(16)21-2/h3-4,9-10,14-15H,5-8,11-13,18H2,1-2H3. The van der Waals surface area contributed by atoms with E-state index in [-0.39, 0.29) is 0 Å². The number of hydrogen-bond donors (Lipinski definition) is 1. The Labute approximate surface area is 128 Å². The molecule has 21 heavy (non-hydrogen) atoms. The fourth-order valence-electron chi connectivity index (χ4n) is 3.25. The minimum Gasteiger partial charge on any atom is -0.495 e. The molecule has 0 amide bonds. The maximum absolute atomic E-state index is 5.73. The summed E-state index contributed by atoms with van der Waals surface area (Å²) in [6.45, 7) is 1.68. The summed E-state index contributed by atoms with van der Waals surface area (Å²) in [7, 11) is 3.55.